The quantitative estimate of drug-likeness (QED) is 0.646. The average molecular weight is 384 g/mol. The lowest BCUT2D eigenvalue weighted by atomic mass is 10.2. The number of Topliss-reactive ketones (excluding diaryl/α,β-unsaturated/α-hetero) is 1. The fourth-order valence-corrected chi connectivity index (χ4v) is 5.21. The minimum absolute atomic E-state index is 0.292. The van der Waals surface area contributed by atoms with Gasteiger partial charge >= 0.3 is 5.97 Å². The molecule has 0 fully saturated rings. The Morgan fingerprint density at radius 3 is 2.71 bits per heavy atom. The molecular formula is C14H12N2O5S3. The number of carbonyl (C=O) groups excluding carboxylic acids is 2. The van der Waals surface area contributed by atoms with E-state index in [9.17, 15) is 18.0 Å². The molecule has 3 rings (SSSR count). The molecule has 1 aliphatic rings. The molecule has 0 amide bonds. The lowest BCUT2D eigenvalue weighted by Gasteiger charge is -2.25. The van der Waals surface area contributed by atoms with Crippen LogP contribution < -0.4 is 9.62 Å². The van der Waals surface area contributed by atoms with Crippen molar-refractivity contribution in [3.63, 3.8) is 0 Å². The van der Waals surface area contributed by atoms with Gasteiger partial charge < -0.3 is 10.1 Å². The predicted octanol–water partition coefficient (Wildman–Crippen LogP) is 2.51. The van der Waals surface area contributed by atoms with Crippen LogP contribution in [0.15, 0.2) is 34.0 Å². The zero-order valence-corrected chi connectivity index (χ0v) is 15.0. The van der Waals surface area contributed by atoms with Gasteiger partial charge in [0.2, 0.25) is 5.78 Å². The topological polar surface area (TPSA) is 92.8 Å². The summed E-state index contributed by atoms with van der Waals surface area (Å²) in [5.41, 5.74) is 0.745. The minimum atomic E-state index is -3.95. The Balaban J connectivity index is 2.00. The van der Waals surface area contributed by atoms with E-state index in [4.69, 9.17) is 0 Å². The second-order valence-electron chi connectivity index (χ2n) is 4.74. The minimum Gasteiger partial charge on any atom is -0.465 e. The van der Waals surface area contributed by atoms with Crippen molar-refractivity contribution in [3.8, 4) is 0 Å². The van der Waals surface area contributed by atoms with Gasteiger partial charge in [-0.25, -0.2) is 13.2 Å². The Kier molecular flexibility index (Phi) is 4.20. The Morgan fingerprint density at radius 1 is 1.29 bits per heavy atom. The van der Waals surface area contributed by atoms with Crippen LogP contribution in [-0.2, 0) is 14.8 Å². The van der Waals surface area contributed by atoms with Crippen molar-refractivity contribution in [2.75, 3.05) is 23.8 Å². The number of allylic oxidation sites excluding steroid dienone is 1. The highest BCUT2D eigenvalue weighted by atomic mass is 32.2. The van der Waals surface area contributed by atoms with E-state index in [-0.39, 0.29) is 4.91 Å². The molecule has 0 spiro atoms. The van der Waals surface area contributed by atoms with Gasteiger partial charge in [-0.1, -0.05) is 0 Å². The fourth-order valence-electron chi connectivity index (χ4n) is 2.18. The van der Waals surface area contributed by atoms with E-state index in [2.05, 4.69) is 10.1 Å². The van der Waals surface area contributed by atoms with Gasteiger partial charge in [-0.15, -0.1) is 22.7 Å². The summed E-state index contributed by atoms with van der Waals surface area (Å²) < 4.78 is 30.8. The van der Waals surface area contributed by atoms with Crippen LogP contribution in [0.5, 0.6) is 0 Å². The highest BCUT2D eigenvalue weighted by Crippen LogP contribution is 2.37. The van der Waals surface area contributed by atoms with E-state index < -0.39 is 21.8 Å². The Bertz CT molecular complexity index is 955. The molecule has 0 radical (unpaired) electrons. The predicted molar refractivity (Wildman–Crippen MR) is 93.3 cm³/mol. The monoisotopic (exact) mass is 384 g/mol. The lowest BCUT2D eigenvalue weighted by molar-refractivity contribution is 0.0607. The number of nitrogens with zero attached hydrogens (tertiary/aromatic N) is 1. The summed E-state index contributed by atoms with van der Waals surface area (Å²) in [6.45, 7) is 0. The van der Waals surface area contributed by atoms with Crippen molar-refractivity contribution in [2.45, 2.75) is 0 Å². The number of anilines is 2. The molecule has 24 heavy (non-hydrogen) atoms. The first-order valence-electron chi connectivity index (χ1n) is 6.61. The van der Waals surface area contributed by atoms with Crippen LogP contribution in [0.3, 0.4) is 0 Å². The number of ether oxygens (including phenoxy) is 1. The Hall–Kier alpha value is -2.17. The Morgan fingerprint density at radius 2 is 2.00 bits per heavy atom. The molecule has 2 aromatic rings. The van der Waals surface area contributed by atoms with Crippen LogP contribution in [-0.4, -0.2) is 34.3 Å². The molecule has 0 saturated carbocycles. The summed E-state index contributed by atoms with van der Waals surface area (Å²) in [7, 11) is -1.30. The van der Waals surface area contributed by atoms with Gasteiger partial charge in [0, 0.05) is 13.2 Å². The summed E-state index contributed by atoms with van der Waals surface area (Å²) in [6.07, 6.45) is 1.12. The third kappa shape index (κ3) is 2.52. The van der Waals surface area contributed by atoms with Crippen molar-refractivity contribution in [3.05, 3.63) is 43.8 Å². The van der Waals surface area contributed by atoms with Crippen LogP contribution in [0.1, 0.15) is 19.3 Å². The fraction of sp³-hybridized carbons (Fsp3) is 0.143. The summed E-state index contributed by atoms with van der Waals surface area (Å²) in [5, 5.41) is 6.06. The van der Waals surface area contributed by atoms with Gasteiger partial charge in [0.15, 0.2) is 4.91 Å². The van der Waals surface area contributed by atoms with Crippen molar-refractivity contribution >= 4 is 55.8 Å². The maximum atomic E-state index is 12.5. The first-order valence-corrected chi connectivity index (χ1v) is 9.81. The smallest absolute Gasteiger partial charge is 0.350 e. The van der Waals surface area contributed by atoms with E-state index >= 15 is 0 Å². The highest BCUT2D eigenvalue weighted by molar-refractivity contribution is 7.97. The van der Waals surface area contributed by atoms with E-state index in [0.717, 1.165) is 21.8 Å². The maximum absolute atomic E-state index is 12.5. The normalized spacial score (nSPS) is 17.7. The average Bonchev–Trinajstić information content (AvgIpc) is 3.21. The van der Waals surface area contributed by atoms with Gasteiger partial charge in [0.05, 0.1) is 18.5 Å². The third-order valence-corrected chi connectivity index (χ3v) is 7.02. The van der Waals surface area contributed by atoms with E-state index in [1.807, 2.05) is 0 Å². The summed E-state index contributed by atoms with van der Waals surface area (Å²) in [4.78, 5) is 24.4. The van der Waals surface area contributed by atoms with Gasteiger partial charge in [0.1, 0.15) is 9.75 Å². The molecule has 7 nitrogen and oxygen atoms in total. The number of rotatable bonds is 3. The zero-order chi connectivity index (χ0) is 17.5. The zero-order valence-electron chi connectivity index (χ0n) is 12.6. The lowest BCUT2D eigenvalue weighted by Crippen LogP contribution is -2.35. The largest absolute Gasteiger partial charge is 0.465 e. The number of thiophene rings is 2. The molecule has 1 N–H and O–H groups in total. The molecule has 3 heterocycles. The first kappa shape index (κ1) is 16.7. The van der Waals surface area contributed by atoms with Crippen molar-refractivity contribution < 1.29 is 22.7 Å². The number of ketones is 1. The van der Waals surface area contributed by atoms with Gasteiger partial charge in [-0.05, 0) is 22.9 Å². The third-order valence-electron chi connectivity index (χ3n) is 3.45. The summed E-state index contributed by atoms with van der Waals surface area (Å²) in [5.74, 6) is -1.11. The van der Waals surface area contributed by atoms with Crippen molar-refractivity contribution in [2.24, 2.45) is 0 Å². The second-order valence-corrected chi connectivity index (χ2v) is 8.51. The molecule has 0 atom stereocenters. The van der Waals surface area contributed by atoms with E-state index in [0.29, 0.717) is 21.1 Å². The standard InChI is InChI=1S/C14H12N2O5S3/c1-16-9-4-6-23-13(9)11(17)10(24(16,19)20)7-15-8-3-5-22-12(8)14(18)21-2/h3-7,15H,1-2H3/b10-7-. The van der Waals surface area contributed by atoms with Crippen molar-refractivity contribution in [1.29, 1.82) is 0 Å². The molecule has 1 aliphatic heterocycles. The SMILES string of the molecule is COC(=O)c1sccc1N/C=C1/C(=O)c2sccc2N(C)S1(=O)=O. The van der Waals surface area contributed by atoms with E-state index in [1.165, 1.54) is 25.5 Å². The van der Waals surface area contributed by atoms with Crippen LogP contribution in [0, 0.1) is 0 Å². The molecular weight excluding hydrogens is 372 g/mol. The number of methoxy groups -OCH3 is 1. The molecule has 126 valence electrons. The van der Waals surface area contributed by atoms with Crippen molar-refractivity contribution in [1.82, 2.24) is 0 Å². The summed E-state index contributed by atoms with van der Waals surface area (Å²) in [6, 6.07) is 3.20. The number of esters is 1. The molecule has 10 heteroatoms. The number of nitrogens with one attached hydrogen (secondary N) is 1. The number of hydrogen-bond acceptors (Lipinski definition) is 8. The van der Waals surface area contributed by atoms with Crippen LogP contribution in [0.2, 0.25) is 0 Å². The highest BCUT2D eigenvalue weighted by Gasteiger charge is 2.39. The van der Waals surface area contributed by atoms with Crippen LogP contribution in [0.25, 0.3) is 0 Å². The molecule has 0 bridgehead atoms. The molecule has 0 saturated heterocycles. The number of fused-ring (bicyclic) bond motifs is 1. The molecule has 2 aromatic heterocycles. The molecule has 0 unspecified atom stereocenters. The van der Waals surface area contributed by atoms with Gasteiger partial charge in [-0.3, -0.25) is 9.10 Å². The van der Waals surface area contributed by atoms with Gasteiger partial charge in [-0.2, -0.15) is 0 Å². The number of carbonyl (C=O) groups is 2. The van der Waals surface area contributed by atoms with Crippen LogP contribution in [0.4, 0.5) is 11.4 Å². The van der Waals surface area contributed by atoms with Gasteiger partial charge in [0.25, 0.3) is 10.0 Å². The van der Waals surface area contributed by atoms with E-state index in [1.54, 1.807) is 22.9 Å². The summed E-state index contributed by atoms with van der Waals surface area (Å²) >= 11 is 2.33. The maximum Gasteiger partial charge on any atom is 0.350 e. The Labute approximate surface area is 146 Å². The number of sulfonamides is 1. The molecule has 0 aliphatic carbocycles. The second kappa shape index (κ2) is 6.04. The molecule has 0 aromatic carbocycles. The number of hydrogen-bond donors (Lipinski definition) is 1. The van der Waals surface area contributed by atoms with Crippen LogP contribution >= 0.6 is 22.7 Å². The first-order chi connectivity index (χ1) is 11.4.